The Kier molecular flexibility index (Phi) is 30.8. The number of carbonyl (C=O) groups is 1. The highest BCUT2D eigenvalue weighted by Crippen LogP contribution is 2.40. The van der Waals surface area contributed by atoms with E-state index in [4.69, 9.17) is 9.47 Å². The van der Waals surface area contributed by atoms with Crippen LogP contribution in [0.4, 0.5) is 0 Å². The van der Waals surface area contributed by atoms with Gasteiger partial charge in [-0.2, -0.15) is 11.8 Å². The Morgan fingerprint density at radius 1 is 0.600 bits per heavy atom. The van der Waals surface area contributed by atoms with Crippen molar-refractivity contribution in [2.45, 2.75) is 252 Å². The molecule has 1 rings (SSSR count). The first kappa shape index (κ1) is 51.8. The molecule has 1 N–H and O–H groups in total. The average Bonchev–Trinajstić information content (AvgIpc) is 3.13. The van der Waals surface area contributed by atoms with Gasteiger partial charge >= 0.3 is 5.97 Å². The monoisotopic (exact) mass is 789 g/mol. The number of unbranched alkanes of at least 4 members (excludes halogenated alkanes) is 24. The third kappa shape index (κ3) is 28.0. The molecule has 322 valence electrons. The lowest BCUT2D eigenvalue weighted by Crippen LogP contribution is -2.27. The van der Waals surface area contributed by atoms with E-state index in [1.165, 1.54) is 161 Å². The molecular formula is C50H92O4S. The van der Waals surface area contributed by atoms with Crippen LogP contribution in [0.25, 0.3) is 0 Å². The van der Waals surface area contributed by atoms with Crippen LogP contribution in [-0.4, -0.2) is 41.9 Å². The van der Waals surface area contributed by atoms with Crippen LogP contribution < -0.4 is 0 Å². The van der Waals surface area contributed by atoms with E-state index in [2.05, 4.69) is 67.5 Å². The number of hydrogen-bond acceptors (Lipinski definition) is 5. The molecule has 55 heavy (non-hydrogen) atoms. The maximum absolute atomic E-state index is 13.2. The third-order valence-corrected chi connectivity index (χ3v) is 12.3. The van der Waals surface area contributed by atoms with Crippen LogP contribution in [0.1, 0.15) is 245 Å². The fourth-order valence-corrected chi connectivity index (χ4v) is 8.46. The molecule has 0 aromatic heterocycles. The first-order valence-electron chi connectivity index (χ1n) is 23.6. The number of ether oxygens (including phenoxy) is 2. The van der Waals surface area contributed by atoms with Gasteiger partial charge in [0.2, 0.25) is 0 Å². The molecule has 0 amide bonds. The summed E-state index contributed by atoms with van der Waals surface area (Å²) < 4.78 is 12.2. The van der Waals surface area contributed by atoms with E-state index in [1.54, 1.807) is 0 Å². The molecule has 1 aromatic carbocycles. The van der Waals surface area contributed by atoms with Gasteiger partial charge in [0, 0.05) is 18.8 Å². The lowest BCUT2D eigenvalue weighted by Gasteiger charge is -2.28. The van der Waals surface area contributed by atoms with E-state index in [-0.39, 0.29) is 22.9 Å². The van der Waals surface area contributed by atoms with E-state index >= 15 is 0 Å². The Morgan fingerprint density at radius 2 is 0.982 bits per heavy atom. The normalized spacial score (nSPS) is 12.7. The van der Waals surface area contributed by atoms with Crippen molar-refractivity contribution in [2.24, 2.45) is 0 Å². The van der Waals surface area contributed by atoms with Gasteiger partial charge in [-0.3, -0.25) is 4.79 Å². The summed E-state index contributed by atoms with van der Waals surface area (Å²) in [5.74, 6) is 2.14. The molecule has 0 saturated heterocycles. The SMILES string of the molecule is CCCCCCCCCCCCCCCCCCOCC(CSCCCCCCCCCCCC)OC(=O)CCc1cc(C(C)(C)C)c(O)c(C(C)(C)C)c1. The molecule has 1 aromatic rings. The van der Waals surface area contributed by atoms with Crippen LogP contribution in [0.3, 0.4) is 0 Å². The minimum atomic E-state index is -0.211. The highest BCUT2D eigenvalue weighted by Gasteiger charge is 2.27. The van der Waals surface area contributed by atoms with Crippen LogP contribution in [0, 0.1) is 0 Å². The number of phenols is 1. The van der Waals surface area contributed by atoms with Gasteiger partial charge in [0.1, 0.15) is 11.9 Å². The van der Waals surface area contributed by atoms with Crippen molar-refractivity contribution in [1.82, 2.24) is 0 Å². The van der Waals surface area contributed by atoms with Gasteiger partial charge in [0.05, 0.1) is 6.61 Å². The van der Waals surface area contributed by atoms with Crippen molar-refractivity contribution in [3.05, 3.63) is 28.8 Å². The topological polar surface area (TPSA) is 55.8 Å². The molecule has 4 nitrogen and oxygen atoms in total. The van der Waals surface area contributed by atoms with Crippen molar-refractivity contribution in [1.29, 1.82) is 0 Å². The first-order valence-corrected chi connectivity index (χ1v) is 24.8. The van der Waals surface area contributed by atoms with Crippen LogP contribution >= 0.6 is 11.8 Å². The summed E-state index contributed by atoms with van der Waals surface area (Å²) in [6.45, 7) is 18.6. The van der Waals surface area contributed by atoms with Crippen molar-refractivity contribution in [2.75, 3.05) is 24.7 Å². The van der Waals surface area contributed by atoms with Crippen molar-refractivity contribution >= 4 is 17.7 Å². The second-order valence-corrected chi connectivity index (χ2v) is 19.9. The summed E-state index contributed by atoms with van der Waals surface area (Å²) >= 11 is 1.91. The Labute approximate surface area is 347 Å². The summed E-state index contributed by atoms with van der Waals surface area (Å²) in [6.07, 6.45) is 36.1. The van der Waals surface area contributed by atoms with E-state index in [9.17, 15) is 9.90 Å². The molecule has 0 saturated carbocycles. The van der Waals surface area contributed by atoms with Crippen molar-refractivity contribution < 1.29 is 19.4 Å². The van der Waals surface area contributed by atoms with Crippen LogP contribution in [0.5, 0.6) is 5.75 Å². The molecule has 0 aliphatic carbocycles. The molecule has 0 bridgehead atoms. The summed E-state index contributed by atoms with van der Waals surface area (Å²) in [4.78, 5) is 13.2. The summed E-state index contributed by atoms with van der Waals surface area (Å²) in [6, 6.07) is 4.16. The van der Waals surface area contributed by atoms with Crippen LogP contribution in [-0.2, 0) is 31.5 Å². The summed E-state index contributed by atoms with van der Waals surface area (Å²) in [5, 5.41) is 11.1. The Morgan fingerprint density at radius 3 is 1.38 bits per heavy atom. The smallest absolute Gasteiger partial charge is 0.306 e. The highest BCUT2D eigenvalue weighted by atomic mass is 32.2. The lowest BCUT2D eigenvalue weighted by atomic mass is 9.78. The number of thioether (sulfide) groups is 1. The van der Waals surface area contributed by atoms with Crippen molar-refractivity contribution in [3.8, 4) is 5.75 Å². The van der Waals surface area contributed by atoms with Crippen molar-refractivity contribution in [3.63, 3.8) is 0 Å². The Hall–Kier alpha value is -1.20. The van der Waals surface area contributed by atoms with Gasteiger partial charge in [-0.05, 0) is 52.5 Å². The predicted molar refractivity (Wildman–Crippen MR) is 243 cm³/mol. The number of hydrogen-bond donors (Lipinski definition) is 1. The van der Waals surface area contributed by atoms with E-state index in [0.29, 0.717) is 25.2 Å². The minimum Gasteiger partial charge on any atom is -0.507 e. The first-order chi connectivity index (χ1) is 26.4. The number of aromatic hydroxyl groups is 1. The molecule has 0 heterocycles. The van der Waals surface area contributed by atoms with E-state index in [0.717, 1.165) is 41.2 Å². The molecule has 1 unspecified atom stereocenters. The predicted octanol–water partition coefficient (Wildman–Crippen LogP) is 15.8. The fraction of sp³-hybridized carbons (Fsp3) is 0.860. The summed E-state index contributed by atoms with van der Waals surface area (Å²) in [7, 11) is 0. The zero-order valence-corrected chi connectivity index (χ0v) is 38.8. The van der Waals surface area contributed by atoms with E-state index in [1.807, 2.05) is 11.8 Å². The molecule has 0 aliphatic heterocycles. The van der Waals surface area contributed by atoms with Crippen LogP contribution in [0.2, 0.25) is 0 Å². The highest BCUT2D eigenvalue weighted by molar-refractivity contribution is 7.99. The largest absolute Gasteiger partial charge is 0.507 e. The molecule has 5 heteroatoms. The number of phenolic OH excluding ortho intramolecular Hbond substituents is 1. The van der Waals surface area contributed by atoms with Gasteiger partial charge in [0.25, 0.3) is 0 Å². The quantitative estimate of drug-likeness (QED) is 0.0542. The third-order valence-electron chi connectivity index (χ3n) is 11.1. The van der Waals surface area contributed by atoms with Gasteiger partial charge in [-0.25, -0.2) is 0 Å². The van der Waals surface area contributed by atoms with Gasteiger partial charge in [-0.1, -0.05) is 222 Å². The standard InChI is InChI=1S/C50H92O4S/c1-9-11-13-15-17-19-21-22-23-24-25-26-27-29-31-33-37-53-41-44(42-55-38-34-32-30-28-20-18-16-14-12-10-2)54-47(51)36-35-43-39-45(49(3,4)5)48(52)46(40-43)50(6,7)8/h39-40,44,52H,9-38,41-42H2,1-8H3. The van der Waals surface area contributed by atoms with E-state index < -0.39 is 0 Å². The molecule has 0 spiro atoms. The molecule has 1 atom stereocenters. The number of benzene rings is 1. The second kappa shape index (κ2) is 32.7. The summed E-state index contributed by atoms with van der Waals surface area (Å²) in [5.41, 5.74) is 2.57. The zero-order chi connectivity index (χ0) is 40.6. The lowest BCUT2D eigenvalue weighted by molar-refractivity contribution is -0.150. The molecule has 0 radical (unpaired) electrons. The molecule has 0 aliphatic rings. The zero-order valence-electron chi connectivity index (χ0n) is 37.9. The maximum atomic E-state index is 13.2. The van der Waals surface area contributed by atoms with Crippen LogP contribution in [0.15, 0.2) is 12.1 Å². The molecular weight excluding hydrogens is 697 g/mol. The van der Waals surface area contributed by atoms with Gasteiger partial charge in [-0.15, -0.1) is 0 Å². The fourth-order valence-electron chi connectivity index (χ4n) is 7.46. The number of aryl methyl sites for hydroxylation is 1. The number of rotatable bonds is 36. The Balaban J connectivity index is 2.45. The maximum Gasteiger partial charge on any atom is 0.306 e. The Bertz CT molecular complexity index is 1020. The number of carbonyl (C=O) groups excluding carboxylic acids is 1. The minimum absolute atomic E-state index is 0.154. The van der Waals surface area contributed by atoms with Gasteiger partial charge in [0.15, 0.2) is 0 Å². The number of esters is 1. The molecule has 0 fully saturated rings. The van der Waals surface area contributed by atoms with Gasteiger partial charge < -0.3 is 14.6 Å². The average molecular weight is 789 g/mol. The second-order valence-electron chi connectivity index (χ2n) is 18.8.